The number of amides is 3. The number of methoxy groups -OCH3 is 1. The van der Waals surface area contributed by atoms with Crippen LogP contribution in [0.25, 0.3) is 0 Å². The molecule has 4 rings (SSSR count). The first-order valence-corrected chi connectivity index (χ1v) is 10.0. The van der Waals surface area contributed by atoms with Crippen LogP contribution < -0.4 is 19.9 Å². The van der Waals surface area contributed by atoms with Gasteiger partial charge in [0.15, 0.2) is 0 Å². The van der Waals surface area contributed by atoms with E-state index in [-0.39, 0.29) is 24.1 Å². The molecule has 0 aliphatic carbocycles. The maximum absolute atomic E-state index is 12.8. The fourth-order valence-corrected chi connectivity index (χ4v) is 4.17. The molecule has 0 bridgehead atoms. The summed E-state index contributed by atoms with van der Waals surface area (Å²) in [6, 6.07) is 11.3. The molecular weight excluding hydrogens is 382 g/mol. The van der Waals surface area contributed by atoms with Gasteiger partial charge in [0.05, 0.1) is 18.7 Å². The van der Waals surface area contributed by atoms with E-state index in [9.17, 15) is 14.4 Å². The minimum atomic E-state index is -0.440. The van der Waals surface area contributed by atoms with Crippen molar-refractivity contribution in [1.82, 2.24) is 0 Å². The van der Waals surface area contributed by atoms with E-state index in [2.05, 4.69) is 5.32 Å². The topological polar surface area (TPSA) is 79.0 Å². The zero-order chi connectivity index (χ0) is 21.4. The summed E-state index contributed by atoms with van der Waals surface area (Å²) in [4.78, 5) is 40.6. The normalized spacial score (nSPS) is 17.8. The van der Waals surface area contributed by atoms with E-state index in [0.29, 0.717) is 24.5 Å². The summed E-state index contributed by atoms with van der Waals surface area (Å²) in [5, 5.41) is 2.91. The summed E-state index contributed by atoms with van der Waals surface area (Å²) in [5.74, 6) is -0.109. The third kappa shape index (κ3) is 3.63. The van der Waals surface area contributed by atoms with Crippen LogP contribution >= 0.6 is 0 Å². The second kappa shape index (κ2) is 7.82. The van der Waals surface area contributed by atoms with Crippen molar-refractivity contribution in [1.29, 1.82) is 0 Å². The molecule has 1 saturated heterocycles. The number of benzene rings is 2. The number of anilines is 3. The van der Waals surface area contributed by atoms with Crippen LogP contribution in [0.5, 0.6) is 5.75 Å². The highest BCUT2D eigenvalue weighted by Gasteiger charge is 2.36. The molecule has 2 heterocycles. The monoisotopic (exact) mass is 407 g/mol. The van der Waals surface area contributed by atoms with Crippen molar-refractivity contribution >= 4 is 34.8 Å². The van der Waals surface area contributed by atoms with Crippen LogP contribution in [-0.4, -0.2) is 37.9 Å². The Morgan fingerprint density at radius 2 is 1.97 bits per heavy atom. The lowest BCUT2D eigenvalue weighted by Crippen LogP contribution is -2.28. The molecule has 0 radical (unpaired) electrons. The van der Waals surface area contributed by atoms with Crippen molar-refractivity contribution in [3.8, 4) is 5.75 Å². The zero-order valence-corrected chi connectivity index (χ0v) is 17.4. The van der Waals surface area contributed by atoms with Crippen LogP contribution in [0.2, 0.25) is 0 Å². The molecule has 1 atom stereocenters. The molecule has 30 heavy (non-hydrogen) atoms. The molecule has 2 aliphatic heterocycles. The van der Waals surface area contributed by atoms with Gasteiger partial charge in [-0.05, 0) is 54.8 Å². The minimum absolute atomic E-state index is 0.0158. The fourth-order valence-electron chi connectivity index (χ4n) is 4.17. The minimum Gasteiger partial charge on any atom is -0.495 e. The molecule has 1 unspecified atom stereocenters. The third-order valence-corrected chi connectivity index (χ3v) is 5.76. The first kappa shape index (κ1) is 19.9. The number of ether oxygens (including phenoxy) is 1. The number of hydrogen-bond acceptors (Lipinski definition) is 4. The van der Waals surface area contributed by atoms with Gasteiger partial charge in [0.25, 0.3) is 0 Å². The van der Waals surface area contributed by atoms with Gasteiger partial charge in [0, 0.05) is 37.8 Å². The van der Waals surface area contributed by atoms with Gasteiger partial charge < -0.3 is 19.9 Å². The summed E-state index contributed by atoms with van der Waals surface area (Å²) < 4.78 is 5.32. The molecule has 3 amide bonds. The van der Waals surface area contributed by atoms with Gasteiger partial charge in [-0.3, -0.25) is 14.4 Å². The number of aryl methyl sites for hydroxylation is 1. The van der Waals surface area contributed by atoms with Gasteiger partial charge in [0.1, 0.15) is 5.75 Å². The van der Waals surface area contributed by atoms with Crippen molar-refractivity contribution in [2.75, 3.05) is 35.3 Å². The molecule has 2 aromatic carbocycles. The van der Waals surface area contributed by atoms with Gasteiger partial charge in [-0.1, -0.05) is 6.07 Å². The average molecular weight is 407 g/mol. The second-order valence-electron chi connectivity index (χ2n) is 7.83. The highest BCUT2D eigenvalue weighted by Crippen LogP contribution is 2.34. The SMILES string of the molecule is COc1ccc(C)cc1NC(=O)C1CC(=O)N(c2ccc3c(c2)CCN3C(C)=O)C1. The maximum atomic E-state index is 12.8. The number of carbonyl (C=O) groups excluding carboxylic acids is 3. The Bertz CT molecular complexity index is 1030. The van der Waals surface area contributed by atoms with Crippen LogP contribution in [0.4, 0.5) is 17.1 Å². The zero-order valence-electron chi connectivity index (χ0n) is 17.4. The summed E-state index contributed by atoms with van der Waals surface area (Å²) in [6.07, 6.45) is 0.929. The van der Waals surface area contributed by atoms with Crippen LogP contribution in [0.1, 0.15) is 24.5 Å². The Morgan fingerprint density at radius 3 is 2.70 bits per heavy atom. The molecule has 1 fully saturated rings. The first-order valence-electron chi connectivity index (χ1n) is 10.0. The molecule has 2 aromatic rings. The fraction of sp³-hybridized carbons (Fsp3) is 0.348. The predicted octanol–water partition coefficient (Wildman–Crippen LogP) is 2.90. The summed E-state index contributed by atoms with van der Waals surface area (Å²) in [6.45, 7) is 4.48. The average Bonchev–Trinajstić information content (AvgIpc) is 3.31. The van der Waals surface area contributed by atoms with E-state index in [1.807, 2.05) is 43.3 Å². The molecular formula is C23H25N3O4. The molecule has 156 valence electrons. The van der Waals surface area contributed by atoms with Crippen molar-refractivity contribution in [2.45, 2.75) is 26.7 Å². The highest BCUT2D eigenvalue weighted by atomic mass is 16.5. The number of carbonyl (C=O) groups is 3. The largest absolute Gasteiger partial charge is 0.495 e. The molecule has 0 spiro atoms. The Balaban J connectivity index is 1.49. The smallest absolute Gasteiger partial charge is 0.229 e. The third-order valence-electron chi connectivity index (χ3n) is 5.76. The summed E-state index contributed by atoms with van der Waals surface area (Å²) >= 11 is 0. The van der Waals surface area contributed by atoms with Crippen molar-refractivity contribution in [2.24, 2.45) is 5.92 Å². The molecule has 7 nitrogen and oxygen atoms in total. The predicted molar refractivity (Wildman–Crippen MR) is 115 cm³/mol. The number of nitrogens with one attached hydrogen (secondary N) is 1. The standard InChI is InChI=1S/C23H25N3O4/c1-14-4-7-21(30-3)19(10-14)24-23(29)17-12-22(28)26(13-17)18-5-6-20-16(11-18)8-9-25(20)15(2)27/h4-7,10-11,17H,8-9,12-13H2,1-3H3,(H,24,29). The maximum Gasteiger partial charge on any atom is 0.229 e. The van der Waals surface area contributed by atoms with Crippen molar-refractivity contribution < 1.29 is 19.1 Å². The molecule has 1 N–H and O–H groups in total. The van der Waals surface area contributed by atoms with Gasteiger partial charge in [-0.15, -0.1) is 0 Å². The lowest BCUT2D eigenvalue weighted by atomic mass is 10.1. The summed E-state index contributed by atoms with van der Waals surface area (Å²) in [7, 11) is 1.56. The summed E-state index contributed by atoms with van der Waals surface area (Å²) in [5.41, 5.74) is 4.34. The Labute approximate surface area is 175 Å². The van der Waals surface area contributed by atoms with Gasteiger partial charge in [-0.25, -0.2) is 0 Å². The van der Waals surface area contributed by atoms with Gasteiger partial charge >= 0.3 is 0 Å². The number of fused-ring (bicyclic) bond motifs is 1. The number of hydrogen-bond donors (Lipinski definition) is 1. The molecule has 2 aliphatic rings. The van der Waals surface area contributed by atoms with E-state index < -0.39 is 5.92 Å². The number of nitrogens with zero attached hydrogens (tertiary/aromatic N) is 2. The lowest BCUT2D eigenvalue weighted by molar-refractivity contribution is -0.122. The highest BCUT2D eigenvalue weighted by molar-refractivity contribution is 6.04. The van der Waals surface area contributed by atoms with E-state index in [0.717, 1.165) is 28.9 Å². The quantitative estimate of drug-likeness (QED) is 0.845. The van der Waals surface area contributed by atoms with Crippen LogP contribution in [-0.2, 0) is 20.8 Å². The van der Waals surface area contributed by atoms with Crippen molar-refractivity contribution in [3.63, 3.8) is 0 Å². The van der Waals surface area contributed by atoms with E-state index in [1.54, 1.807) is 23.8 Å². The van der Waals surface area contributed by atoms with Crippen LogP contribution in [0.15, 0.2) is 36.4 Å². The molecule has 7 heteroatoms. The Hall–Kier alpha value is -3.35. The lowest BCUT2D eigenvalue weighted by Gasteiger charge is -2.19. The van der Waals surface area contributed by atoms with E-state index in [4.69, 9.17) is 4.74 Å². The Kier molecular flexibility index (Phi) is 5.20. The van der Waals surface area contributed by atoms with Crippen LogP contribution in [0, 0.1) is 12.8 Å². The Morgan fingerprint density at radius 1 is 1.17 bits per heavy atom. The first-order chi connectivity index (χ1) is 14.4. The molecule has 0 aromatic heterocycles. The van der Waals surface area contributed by atoms with E-state index >= 15 is 0 Å². The van der Waals surface area contributed by atoms with E-state index in [1.165, 1.54) is 0 Å². The van der Waals surface area contributed by atoms with Crippen LogP contribution in [0.3, 0.4) is 0 Å². The van der Waals surface area contributed by atoms with Crippen molar-refractivity contribution in [3.05, 3.63) is 47.5 Å². The number of rotatable bonds is 4. The van der Waals surface area contributed by atoms with Gasteiger partial charge in [0.2, 0.25) is 17.7 Å². The molecule has 0 saturated carbocycles. The van der Waals surface area contributed by atoms with Gasteiger partial charge in [-0.2, -0.15) is 0 Å². The second-order valence-corrected chi connectivity index (χ2v) is 7.83.